The molecule has 0 bridgehead atoms. The molecule has 1 saturated carbocycles. The molecule has 0 unspecified atom stereocenters. The minimum Gasteiger partial charge on any atom is -0.354 e. The summed E-state index contributed by atoms with van der Waals surface area (Å²) in [5.74, 6) is 1.89. The van der Waals surface area contributed by atoms with E-state index in [0.29, 0.717) is 0 Å². The second-order valence-corrected chi connectivity index (χ2v) is 7.97. The van der Waals surface area contributed by atoms with Crippen LogP contribution in [-0.2, 0) is 12.8 Å². The summed E-state index contributed by atoms with van der Waals surface area (Å²) in [6, 6.07) is 15.3. The molecule has 2 aromatic carbocycles. The topological polar surface area (TPSA) is 29.0 Å². The number of aromatic nitrogens is 2. The molecule has 3 nitrogen and oxygen atoms in total. The maximum absolute atomic E-state index is 4.83. The van der Waals surface area contributed by atoms with Crippen molar-refractivity contribution in [3.8, 4) is 11.3 Å². The van der Waals surface area contributed by atoms with Gasteiger partial charge in [-0.15, -0.1) is 10.2 Å². The van der Waals surface area contributed by atoms with Gasteiger partial charge in [0, 0.05) is 29.4 Å². The van der Waals surface area contributed by atoms with Crippen molar-refractivity contribution in [3.05, 3.63) is 53.6 Å². The predicted octanol–water partition coefficient (Wildman–Crippen LogP) is 6.05. The van der Waals surface area contributed by atoms with Crippen molar-refractivity contribution in [3.63, 3.8) is 0 Å². The van der Waals surface area contributed by atoms with Crippen molar-refractivity contribution in [2.75, 3.05) is 18.0 Å². The Kier molecular flexibility index (Phi) is 5.61. The molecule has 1 heterocycles. The second-order valence-electron chi connectivity index (χ2n) is 7.97. The molecule has 3 aromatic rings. The van der Waals surface area contributed by atoms with Gasteiger partial charge in [0.05, 0.1) is 0 Å². The van der Waals surface area contributed by atoms with E-state index in [1.165, 1.54) is 40.3 Å². The summed E-state index contributed by atoms with van der Waals surface area (Å²) in [5, 5.41) is 12.1. The third-order valence-corrected chi connectivity index (χ3v) is 5.87. The van der Waals surface area contributed by atoms with Crippen LogP contribution in [0, 0.1) is 5.92 Å². The van der Waals surface area contributed by atoms with Crippen LogP contribution < -0.4 is 4.90 Å². The average Bonchev–Trinajstić information content (AvgIpc) is 3.56. The number of aryl methyl sites for hydroxylation is 2. The Morgan fingerprint density at radius 3 is 2.14 bits per heavy atom. The summed E-state index contributed by atoms with van der Waals surface area (Å²) in [6.07, 6.45) is 5.85. The molecule has 28 heavy (non-hydrogen) atoms. The molecule has 0 saturated heterocycles. The lowest BCUT2D eigenvalue weighted by Crippen LogP contribution is -2.28. The first-order valence-corrected chi connectivity index (χ1v) is 10.9. The molecule has 0 N–H and O–H groups in total. The number of rotatable bonds is 8. The predicted molar refractivity (Wildman–Crippen MR) is 119 cm³/mol. The lowest BCUT2D eigenvalue weighted by Gasteiger charge is -2.25. The van der Waals surface area contributed by atoms with Crippen molar-refractivity contribution >= 4 is 16.6 Å². The molecular weight excluding hydrogens is 342 g/mol. The second kappa shape index (κ2) is 8.30. The van der Waals surface area contributed by atoms with Crippen molar-refractivity contribution in [2.45, 2.75) is 52.9 Å². The quantitative estimate of drug-likeness (QED) is 0.481. The van der Waals surface area contributed by atoms with E-state index in [1.54, 1.807) is 0 Å². The minimum absolute atomic E-state index is 0.833. The largest absolute Gasteiger partial charge is 0.354 e. The van der Waals surface area contributed by atoms with Gasteiger partial charge in [0.2, 0.25) is 0 Å². The third-order valence-electron chi connectivity index (χ3n) is 5.87. The summed E-state index contributed by atoms with van der Waals surface area (Å²) in [5.41, 5.74) is 5.04. The molecule has 1 aliphatic rings. The number of benzene rings is 2. The van der Waals surface area contributed by atoms with E-state index in [4.69, 9.17) is 10.2 Å². The van der Waals surface area contributed by atoms with E-state index in [9.17, 15) is 0 Å². The van der Waals surface area contributed by atoms with Crippen molar-refractivity contribution in [2.24, 2.45) is 5.92 Å². The summed E-state index contributed by atoms with van der Waals surface area (Å²) < 4.78 is 0. The smallest absolute Gasteiger partial charge is 0.159 e. The van der Waals surface area contributed by atoms with Gasteiger partial charge in [0.1, 0.15) is 5.69 Å². The molecule has 0 amide bonds. The van der Waals surface area contributed by atoms with Crippen LogP contribution >= 0.6 is 0 Å². The Morgan fingerprint density at radius 2 is 1.54 bits per heavy atom. The molecule has 4 rings (SSSR count). The zero-order valence-corrected chi connectivity index (χ0v) is 17.4. The molecule has 0 radical (unpaired) electrons. The summed E-state index contributed by atoms with van der Waals surface area (Å²) in [6.45, 7) is 8.84. The lowest BCUT2D eigenvalue weighted by atomic mass is 9.92. The molecule has 0 atom stereocenters. The summed E-state index contributed by atoms with van der Waals surface area (Å²) >= 11 is 0. The molecule has 0 spiro atoms. The maximum atomic E-state index is 4.83. The van der Waals surface area contributed by atoms with Crippen LogP contribution in [0.15, 0.2) is 42.5 Å². The maximum Gasteiger partial charge on any atom is 0.159 e. The number of fused-ring (bicyclic) bond motifs is 1. The van der Waals surface area contributed by atoms with Gasteiger partial charge in [0.15, 0.2) is 5.82 Å². The SMILES string of the molecule is CCCN(CC1CC1)c1nnc(-c2c(CC)cccc2CC)c2ccccc12. The average molecular weight is 374 g/mol. The van der Waals surface area contributed by atoms with E-state index in [0.717, 1.165) is 49.8 Å². The van der Waals surface area contributed by atoms with Crippen LogP contribution in [0.5, 0.6) is 0 Å². The van der Waals surface area contributed by atoms with Gasteiger partial charge < -0.3 is 4.90 Å². The van der Waals surface area contributed by atoms with Gasteiger partial charge >= 0.3 is 0 Å². The highest BCUT2D eigenvalue weighted by atomic mass is 15.3. The summed E-state index contributed by atoms with van der Waals surface area (Å²) in [7, 11) is 0. The number of nitrogens with zero attached hydrogens (tertiary/aromatic N) is 3. The van der Waals surface area contributed by atoms with Gasteiger partial charge in [0.25, 0.3) is 0 Å². The van der Waals surface area contributed by atoms with Crippen LogP contribution in [0.1, 0.15) is 51.2 Å². The van der Waals surface area contributed by atoms with Crippen LogP contribution in [0.4, 0.5) is 5.82 Å². The first-order chi connectivity index (χ1) is 13.8. The molecule has 1 fully saturated rings. The van der Waals surface area contributed by atoms with E-state index >= 15 is 0 Å². The Balaban J connectivity index is 1.89. The minimum atomic E-state index is 0.833. The highest BCUT2D eigenvalue weighted by Crippen LogP contribution is 2.37. The van der Waals surface area contributed by atoms with Gasteiger partial charge in [-0.1, -0.05) is 63.2 Å². The molecule has 0 aliphatic heterocycles. The lowest BCUT2D eigenvalue weighted by molar-refractivity contribution is 0.696. The Bertz CT molecular complexity index is 937. The monoisotopic (exact) mass is 373 g/mol. The summed E-state index contributed by atoms with van der Waals surface area (Å²) in [4.78, 5) is 2.46. The molecular formula is C25H31N3. The first kappa shape index (κ1) is 18.9. The molecule has 1 aromatic heterocycles. The van der Waals surface area contributed by atoms with Gasteiger partial charge in [-0.2, -0.15) is 0 Å². The van der Waals surface area contributed by atoms with Gasteiger partial charge in [-0.3, -0.25) is 0 Å². The molecule has 146 valence electrons. The molecule has 3 heteroatoms. The Morgan fingerprint density at radius 1 is 0.857 bits per heavy atom. The zero-order valence-electron chi connectivity index (χ0n) is 17.4. The number of hydrogen-bond acceptors (Lipinski definition) is 3. The first-order valence-electron chi connectivity index (χ1n) is 10.9. The van der Waals surface area contributed by atoms with Crippen LogP contribution in [0.3, 0.4) is 0 Å². The van der Waals surface area contributed by atoms with Crippen molar-refractivity contribution in [1.82, 2.24) is 10.2 Å². The Hall–Kier alpha value is -2.42. The van der Waals surface area contributed by atoms with Crippen LogP contribution in [0.25, 0.3) is 22.0 Å². The fraction of sp³-hybridized carbons (Fsp3) is 0.440. The van der Waals surface area contributed by atoms with Gasteiger partial charge in [-0.25, -0.2) is 0 Å². The Labute approximate surface area is 168 Å². The highest BCUT2D eigenvalue weighted by Gasteiger charge is 2.26. The van der Waals surface area contributed by atoms with Crippen molar-refractivity contribution < 1.29 is 0 Å². The zero-order chi connectivity index (χ0) is 19.5. The molecule has 1 aliphatic carbocycles. The van der Waals surface area contributed by atoms with E-state index in [2.05, 4.69) is 68.1 Å². The van der Waals surface area contributed by atoms with Crippen LogP contribution in [0.2, 0.25) is 0 Å². The standard InChI is InChI=1S/C25H31N3/c1-4-16-28(17-18-14-15-18)25-22-13-8-7-12-21(22)24(26-27-25)23-19(5-2)10-9-11-20(23)6-3/h7-13,18H,4-6,14-17H2,1-3H3. The van der Waals surface area contributed by atoms with E-state index in [1.807, 2.05) is 0 Å². The highest BCUT2D eigenvalue weighted by molar-refractivity contribution is 6.01. The fourth-order valence-corrected chi connectivity index (χ4v) is 4.22. The normalized spacial score (nSPS) is 13.8. The van der Waals surface area contributed by atoms with Crippen molar-refractivity contribution in [1.29, 1.82) is 0 Å². The van der Waals surface area contributed by atoms with Gasteiger partial charge in [-0.05, 0) is 49.1 Å². The number of hydrogen-bond donors (Lipinski definition) is 0. The number of anilines is 1. The van der Waals surface area contributed by atoms with Crippen LogP contribution in [-0.4, -0.2) is 23.3 Å². The van der Waals surface area contributed by atoms with E-state index < -0.39 is 0 Å². The van der Waals surface area contributed by atoms with E-state index in [-0.39, 0.29) is 0 Å². The fourth-order valence-electron chi connectivity index (χ4n) is 4.22. The third kappa shape index (κ3) is 3.63.